The van der Waals surface area contributed by atoms with Crippen molar-refractivity contribution in [3.05, 3.63) is 0 Å². The standard InChI is InChI=1S/C11H25NO3Si/c1-5-8-11(12-9-6-7-10-12)16(13-2,14-3)15-4/h11H,5-10H2,1-4H3. The maximum absolute atomic E-state index is 5.62. The molecule has 1 unspecified atom stereocenters. The van der Waals surface area contributed by atoms with E-state index >= 15 is 0 Å². The first-order chi connectivity index (χ1) is 7.74. The summed E-state index contributed by atoms with van der Waals surface area (Å²) < 4.78 is 16.8. The van der Waals surface area contributed by atoms with Crippen molar-refractivity contribution in [2.24, 2.45) is 0 Å². The summed E-state index contributed by atoms with van der Waals surface area (Å²) in [6.45, 7) is 4.49. The molecule has 0 N–H and O–H groups in total. The summed E-state index contributed by atoms with van der Waals surface area (Å²) in [5, 5.41) is 0. The van der Waals surface area contributed by atoms with E-state index in [1.807, 2.05) is 0 Å². The van der Waals surface area contributed by atoms with Gasteiger partial charge in [-0.2, -0.15) is 0 Å². The summed E-state index contributed by atoms with van der Waals surface area (Å²) in [6, 6.07) is 0. The van der Waals surface area contributed by atoms with Crippen LogP contribution in [0.3, 0.4) is 0 Å². The van der Waals surface area contributed by atoms with Gasteiger partial charge in [0.25, 0.3) is 0 Å². The molecule has 0 saturated carbocycles. The maximum atomic E-state index is 5.62. The van der Waals surface area contributed by atoms with Crippen molar-refractivity contribution in [1.29, 1.82) is 0 Å². The normalized spacial score (nSPS) is 20.2. The molecule has 4 nitrogen and oxygen atoms in total. The maximum Gasteiger partial charge on any atom is 0.518 e. The van der Waals surface area contributed by atoms with Crippen molar-refractivity contribution in [2.45, 2.75) is 38.3 Å². The van der Waals surface area contributed by atoms with E-state index in [1.165, 1.54) is 12.8 Å². The average Bonchev–Trinajstić information content (AvgIpc) is 2.84. The Morgan fingerprint density at radius 2 is 1.56 bits per heavy atom. The molecule has 0 aliphatic carbocycles. The Morgan fingerprint density at radius 1 is 1.06 bits per heavy atom. The van der Waals surface area contributed by atoms with Gasteiger partial charge in [-0.15, -0.1) is 0 Å². The van der Waals surface area contributed by atoms with Crippen LogP contribution in [0, 0.1) is 0 Å². The zero-order chi connectivity index (χ0) is 12.0. The predicted molar refractivity (Wildman–Crippen MR) is 66.3 cm³/mol. The van der Waals surface area contributed by atoms with Crippen LogP contribution in [0.4, 0.5) is 0 Å². The van der Waals surface area contributed by atoms with Crippen molar-refractivity contribution in [1.82, 2.24) is 4.90 Å². The molecule has 1 heterocycles. The van der Waals surface area contributed by atoms with Gasteiger partial charge >= 0.3 is 8.80 Å². The van der Waals surface area contributed by atoms with Crippen molar-refractivity contribution in [3.63, 3.8) is 0 Å². The van der Waals surface area contributed by atoms with Gasteiger partial charge in [-0.05, 0) is 32.4 Å². The van der Waals surface area contributed by atoms with Crippen molar-refractivity contribution in [2.75, 3.05) is 34.4 Å². The van der Waals surface area contributed by atoms with Crippen LogP contribution in [0.15, 0.2) is 0 Å². The third kappa shape index (κ3) is 2.84. The monoisotopic (exact) mass is 247 g/mol. The Kier molecular flexibility index (Phi) is 5.92. The first-order valence-electron chi connectivity index (χ1n) is 6.13. The van der Waals surface area contributed by atoms with E-state index in [9.17, 15) is 0 Å². The Hall–Kier alpha value is 0.0569. The second kappa shape index (κ2) is 6.71. The largest absolute Gasteiger partial charge is 0.518 e. The first kappa shape index (κ1) is 14.1. The summed E-state index contributed by atoms with van der Waals surface area (Å²) in [5.74, 6) is 0. The Labute approximate surface area is 100 Å². The molecule has 96 valence electrons. The average molecular weight is 247 g/mol. The minimum atomic E-state index is -2.51. The number of hydrogen-bond acceptors (Lipinski definition) is 4. The zero-order valence-corrected chi connectivity index (χ0v) is 12.0. The van der Waals surface area contributed by atoms with Crippen LogP contribution in [0.5, 0.6) is 0 Å². The van der Waals surface area contributed by atoms with Gasteiger partial charge in [0.05, 0.1) is 5.67 Å². The lowest BCUT2D eigenvalue weighted by molar-refractivity contribution is 0.0780. The molecule has 0 aromatic carbocycles. The van der Waals surface area contributed by atoms with Gasteiger partial charge in [0.15, 0.2) is 0 Å². The van der Waals surface area contributed by atoms with Crippen LogP contribution in [-0.2, 0) is 13.3 Å². The summed E-state index contributed by atoms with van der Waals surface area (Å²) >= 11 is 0. The molecule has 1 aliphatic heterocycles. The Balaban J connectivity index is 2.79. The van der Waals surface area contributed by atoms with E-state index in [0.29, 0.717) is 5.67 Å². The zero-order valence-electron chi connectivity index (χ0n) is 11.0. The lowest BCUT2D eigenvalue weighted by atomic mass is 10.3. The number of nitrogens with zero attached hydrogens (tertiary/aromatic N) is 1. The van der Waals surface area contributed by atoms with Crippen molar-refractivity contribution in [3.8, 4) is 0 Å². The highest BCUT2D eigenvalue weighted by atomic mass is 28.4. The molecule has 16 heavy (non-hydrogen) atoms. The van der Waals surface area contributed by atoms with E-state index < -0.39 is 8.80 Å². The van der Waals surface area contributed by atoms with E-state index in [-0.39, 0.29) is 0 Å². The number of rotatable bonds is 7. The summed E-state index contributed by atoms with van der Waals surface area (Å²) in [5.41, 5.74) is 0.319. The van der Waals surface area contributed by atoms with Gasteiger partial charge in [-0.3, -0.25) is 4.90 Å². The molecule has 1 rings (SSSR count). The van der Waals surface area contributed by atoms with Crippen LogP contribution in [0.2, 0.25) is 0 Å². The van der Waals surface area contributed by atoms with Crippen molar-refractivity contribution >= 4 is 8.80 Å². The van der Waals surface area contributed by atoms with Crippen LogP contribution in [0.25, 0.3) is 0 Å². The predicted octanol–water partition coefficient (Wildman–Crippen LogP) is 1.67. The van der Waals surface area contributed by atoms with E-state index in [1.54, 1.807) is 21.3 Å². The Morgan fingerprint density at radius 3 is 1.94 bits per heavy atom. The molecule has 5 heteroatoms. The molecule has 0 amide bonds. The molecule has 0 aromatic heterocycles. The molecule has 0 spiro atoms. The number of likely N-dealkylation sites (tertiary alicyclic amines) is 1. The third-order valence-electron chi connectivity index (χ3n) is 3.41. The van der Waals surface area contributed by atoms with Gasteiger partial charge < -0.3 is 13.3 Å². The van der Waals surface area contributed by atoms with E-state index in [0.717, 1.165) is 25.9 Å². The molecule has 0 radical (unpaired) electrons. The summed E-state index contributed by atoms with van der Waals surface area (Å²) in [6.07, 6.45) is 4.78. The molecule has 1 aliphatic rings. The minimum Gasteiger partial charge on any atom is -0.376 e. The fourth-order valence-corrected chi connectivity index (χ4v) is 5.23. The molecule has 1 atom stereocenters. The quantitative estimate of drug-likeness (QED) is 0.640. The molecule has 0 aromatic rings. The minimum absolute atomic E-state index is 0.319. The van der Waals surface area contributed by atoms with Gasteiger partial charge in [0, 0.05) is 21.3 Å². The fourth-order valence-electron chi connectivity index (χ4n) is 2.57. The van der Waals surface area contributed by atoms with E-state index in [2.05, 4.69) is 11.8 Å². The van der Waals surface area contributed by atoms with Gasteiger partial charge in [-0.25, -0.2) is 0 Å². The van der Waals surface area contributed by atoms with Crippen LogP contribution in [0.1, 0.15) is 32.6 Å². The fraction of sp³-hybridized carbons (Fsp3) is 1.00. The second-order valence-electron chi connectivity index (χ2n) is 4.26. The summed E-state index contributed by atoms with van der Waals surface area (Å²) in [7, 11) is 2.61. The highest BCUT2D eigenvalue weighted by molar-refractivity contribution is 6.62. The highest BCUT2D eigenvalue weighted by Crippen LogP contribution is 2.25. The molecule has 1 saturated heterocycles. The van der Waals surface area contributed by atoms with Gasteiger partial charge in [0.2, 0.25) is 0 Å². The van der Waals surface area contributed by atoms with E-state index in [4.69, 9.17) is 13.3 Å². The lowest BCUT2D eigenvalue weighted by Gasteiger charge is -2.37. The van der Waals surface area contributed by atoms with Crippen LogP contribution in [-0.4, -0.2) is 53.8 Å². The van der Waals surface area contributed by atoms with Gasteiger partial charge in [-0.1, -0.05) is 13.3 Å². The van der Waals surface area contributed by atoms with Crippen LogP contribution >= 0.6 is 0 Å². The third-order valence-corrected chi connectivity index (χ3v) is 6.58. The SMILES string of the molecule is CCCC(N1CCCC1)[Si](OC)(OC)OC. The topological polar surface area (TPSA) is 30.9 Å². The number of hydrogen-bond donors (Lipinski definition) is 0. The lowest BCUT2D eigenvalue weighted by Crippen LogP contribution is -2.60. The summed E-state index contributed by atoms with van der Waals surface area (Å²) in [4.78, 5) is 2.48. The molecular formula is C11H25NO3Si. The second-order valence-corrected chi connectivity index (χ2v) is 7.36. The van der Waals surface area contributed by atoms with Crippen molar-refractivity contribution < 1.29 is 13.3 Å². The molecular weight excluding hydrogens is 222 g/mol. The molecule has 1 fully saturated rings. The molecule has 0 bridgehead atoms. The highest BCUT2D eigenvalue weighted by Gasteiger charge is 2.50. The smallest absolute Gasteiger partial charge is 0.376 e. The van der Waals surface area contributed by atoms with Gasteiger partial charge in [0.1, 0.15) is 0 Å². The van der Waals surface area contributed by atoms with Crippen LogP contribution < -0.4 is 0 Å². The Bertz CT molecular complexity index is 185. The first-order valence-corrected chi connectivity index (χ1v) is 7.93.